The van der Waals surface area contributed by atoms with Crippen LogP contribution in [0.25, 0.3) is 0 Å². The number of amides is 1. The van der Waals surface area contributed by atoms with Gasteiger partial charge < -0.3 is 9.64 Å². The highest BCUT2D eigenvalue weighted by molar-refractivity contribution is 6.30. The van der Waals surface area contributed by atoms with Gasteiger partial charge in [-0.1, -0.05) is 41.9 Å². The Morgan fingerprint density at radius 1 is 1.14 bits per heavy atom. The molecule has 0 N–H and O–H groups in total. The SMILES string of the molecule is C[C@@H](Cc1ccccc1)N(C)C(=O)COc1ccc(Cl)cc1. The van der Waals surface area contributed by atoms with Gasteiger partial charge in [-0.2, -0.15) is 0 Å². The largest absolute Gasteiger partial charge is 0.484 e. The summed E-state index contributed by atoms with van der Waals surface area (Å²) < 4.78 is 5.49. The Labute approximate surface area is 136 Å². The molecule has 0 radical (unpaired) electrons. The molecular formula is C18H20ClNO2. The molecule has 2 aromatic rings. The van der Waals surface area contributed by atoms with Crippen molar-refractivity contribution in [1.82, 2.24) is 4.90 Å². The molecule has 0 aliphatic rings. The predicted molar refractivity (Wildman–Crippen MR) is 89.3 cm³/mol. The lowest BCUT2D eigenvalue weighted by atomic mass is 10.1. The number of nitrogens with zero attached hydrogens (tertiary/aromatic N) is 1. The fraction of sp³-hybridized carbons (Fsp3) is 0.278. The van der Waals surface area contributed by atoms with Crippen molar-refractivity contribution in [1.29, 1.82) is 0 Å². The van der Waals surface area contributed by atoms with Crippen molar-refractivity contribution >= 4 is 17.5 Å². The molecule has 0 saturated carbocycles. The van der Waals surface area contributed by atoms with Crippen molar-refractivity contribution in [3.8, 4) is 5.75 Å². The van der Waals surface area contributed by atoms with E-state index in [-0.39, 0.29) is 18.6 Å². The van der Waals surface area contributed by atoms with Crippen molar-refractivity contribution in [2.24, 2.45) is 0 Å². The van der Waals surface area contributed by atoms with Crippen molar-refractivity contribution in [3.63, 3.8) is 0 Å². The van der Waals surface area contributed by atoms with E-state index in [1.165, 1.54) is 5.56 Å². The molecule has 0 saturated heterocycles. The van der Waals surface area contributed by atoms with E-state index < -0.39 is 0 Å². The molecule has 2 rings (SSSR count). The maximum absolute atomic E-state index is 12.2. The Bertz CT molecular complexity index is 598. The van der Waals surface area contributed by atoms with E-state index in [0.29, 0.717) is 10.8 Å². The first kappa shape index (κ1) is 16.4. The number of benzene rings is 2. The number of carbonyl (C=O) groups excluding carboxylic acids is 1. The first-order valence-electron chi connectivity index (χ1n) is 7.24. The molecule has 0 aromatic heterocycles. The van der Waals surface area contributed by atoms with Crippen LogP contribution in [-0.2, 0) is 11.2 Å². The van der Waals surface area contributed by atoms with Gasteiger partial charge in [-0.15, -0.1) is 0 Å². The molecule has 0 aliphatic heterocycles. The number of likely N-dealkylation sites (N-methyl/N-ethyl adjacent to an activating group) is 1. The van der Waals surface area contributed by atoms with Crippen LogP contribution in [0.15, 0.2) is 54.6 Å². The van der Waals surface area contributed by atoms with Gasteiger partial charge in [0.05, 0.1) is 0 Å². The first-order valence-corrected chi connectivity index (χ1v) is 7.62. The minimum Gasteiger partial charge on any atom is -0.484 e. The summed E-state index contributed by atoms with van der Waals surface area (Å²) >= 11 is 5.81. The zero-order valence-corrected chi connectivity index (χ0v) is 13.6. The van der Waals surface area contributed by atoms with E-state index in [9.17, 15) is 4.79 Å². The molecule has 0 heterocycles. The summed E-state index contributed by atoms with van der Waals surface area (Å²) in [4.78, 5) is 13.9. The van der Waals surface area contributed by atoms with Gasteiger partial charge >= 0.3 is 0 Å². The maximum Gasteiger partial charge on any atom is 0.260 e. The third-order valence-corrected chi connectivity index (χ3v) is 3.86. The third-order valence-electron chi connectivity index (χ3n) is 3.60. The van der Waals surface area contributed by atoms with Gasteiger partial charge in [0.25, 0.3) is 5.91 Å². The minimum absolute atomic E-state index is 0.0251. The van der Waals surface area contributed by atoms with Crippen LogP contribution in [0.5, 0.6) is 5.75 Å². The molecule has 0 spiro atoms. The van der Waals surface area contributed by atoms with Crippen LogP contribution in [0.2, 0.25) is 5.02 Å². The van der Waals surface area contributed by atoms with Crippen molar-refractivity contribution in [2.45, 2.75) is 19.4 Å². The van der Waals surface area contributed by atoms with Crippen LogP contribution in [0.1, 0.15) is 12.5 Å². The first-order chi connectivity index (χ1) is 10.6. The number of hydrogen-bond acceptors (Lipinski definition) is 2. The zero-order chi connectivity index (χ0) is 15.9. The lowest BCUT2D eigenvalue weighted by Gasteiger charge is -2.25. The molecule has 1 atom stereocenters. The van der Waals surface area contributed by atoms with Crippen LogP contribution >= 0.6 is 11.6 Å². The van der Waals surface area contributed by atoms with Gasteiger partial charge in [0, 0.05) is 18.1 Å². The Morgan fingerprint density at radius 3 is 2.41 bits per heavy atom. The molecular weight excluding hydrogens is 298 g/mol. The third kappa shape index (κ3) is 4.78. The van der Waals surface area contributed by atoms with Gasteiger partial charge in [0.15, 0.2) is 6.61 Å². The fourth-order valence-electron chi connectivity index (χ4n) is 2.12. The van der Waals surface area contributed by atoms with Crippen LogP contribution in [-0.4, -0.2) is 30.5 Å². The topological polar surface area (TPSA) is 29.5 Å². The lowest BCUT2D eigenvalue weighted by Crippen LogP contribution is -2.39. The molecule has 1 amide bonds. The van der Waals surface area contributed by atoms with E-state index >= 15 is 0 Å². The average Bonchev–Trinajstić information content (AvgIpc) is 2.54. The van der Waals surface area contributed by atoms with Crippen molar-refractivity contribution in [3.05, 3.63) is 65.2 Å². The highest BCUT2D eigenvalue weighted by atomic mass is 35.5. The Morgan fingerprint density at radius 2 is 1.77 bits per heavy atom. The smallest absolute Gasteiger partial charge is 0.260 e. The number of hydrogen-bond donors (Lipinski definition) is 0. The summed E-state index contributed by atoms with van der Waals surface area (Å²) in [6.07, 6.45) is 0.823. The summed E-state index contributed by atoms with van der Waals surface area (Å²) in [5.74, 6) is 0.597. The molecule has 3 nitrogen and oxygen atoms in total. The summed E-state index contributed by atoms with van der Waals surface area (Å²) in [6, 6.07) is 17.2. The van der Waals surface area contributed by atoms with Crippen LogP contribution < -0.4 is 4.74 Å². The van der Waals surface area contributed by atoms with Crippen LogP contribution in [0, 0.1) is 0 Å². The van der Waals surface area contributed by atoms with Gasteiger partial charge in [-0.25, -0.2) is 0 Å². The average molecular weight is 318 g/mol. The Kier molecular flexibility index (Phi) is 5.84. The van der Waals surface area contributed by atoms with Gasteiger partial charge in [0.2, 0.25) is 0 Å². The quantitative estimate of drug-likeness (QED) is 0.811. The second-order valence-electron chi connectivity index (χ2n) is 5.29. The summed E-state index contributed by atoms with van der Waals surface area (Å²) in [7, 11) is 1.81. The van der Waals surface area contributed by atoms with Gasteiger partial charge in [-0.3, -0.25) is 4.79 Å². The predicted octanol–water partition coefficient (Wildman–Crippen LogP) is 3.81. The normalized spacial score (nSPS) is 11.8. The standard InChI is InChI=1S/C18H20ClNO2/c1-14(12-15-6-4-3-5-7-15)20(2)18(21)13-22-17-10-8-16(19)9-11-17/h3-11,14H,12-13H2,1-2H3/t14-/m0/s1. The second kappa shape index (κ2) is 7.85. The fourth-order valence-corrected chi connectivity index (χ4v) is 2.24. The Balaban J connectivity index is 1.84. The number of carbonyl (C=O) groups is 1. The zero-order valence-electron chi connectivity index (χ0n) is 12.8. The number of rotatable bonds is 6. The molecule has 4 heteroatoms. The van der Waals surface area contributed by atoms with Crippen molar-refractivity contribution < 1.29 is 9.53 Å². The van der Waals surface area contributed by atoms with E-state index in [4.69, 9.17) is 16.3 Å². The minimum atomic E-state index is -0.0432. The molecule has 2 aromatic carbocycles. The maximum atomic E-state index is 12.2. The highest BCUT2D eigenvalue weighted by Gasteiger charge is 2.16. The van der Waals surface area contributed by atoms with Crippen molar-refractivity contribution in [2.75, 3.05) is 13.7 Å². The molecule has 22 heavy (non-hydrogen) atoms. The number of halogens is 1. The summed E-state index contributed by atoms with van der Waals surface area (Å²) in [5.41, 5.74) is 1.22. The molecule has 0 fully saturated rings. The monoisotopic (exact) mass is 317 g/mol. The second-order valence-corrected chi connectivity index (χ2v) is 5.72. The summed E-state index contributed by atoms with van der Waals surface area (Å²) in [6.45, 7) is 2.06. The highest BCUT2D eigenvalue weighted by Crippen LogP contribution is 2.15. The van der Waals surface area contributed by atoms with Crippen LogP contribution in [0.4, 0.5) is 0 Å². The lowest BCUT2D eigenvalue weighted by molar-refractivity contribution is -0.133. The molecule has 0 bridgehead atoms. The summed E-state index contributed by atoms with van der Waals surface area (Å²) in [5, 5.41) is 0.646. The van der Waals surface area contributed by atoms with Crippen LogP contribution in [0.3, 0.4) is 0 Å². The number of ether oxygens (including phenoxy) is 1. The van der Waals surface area contributed by atoms with E-state index in [1.807, 2.05) is 25.1 Å². The van der Waals surface area contributed by atoms with Gasteiger partial charge in [0.1, 0.15) is 5.75 Å². The van der Waals surface area contributed by atoms with E-state index in [0.717, 1.165) is 6.42 Å². The molecule has 116 valence electrons. The molecule has 0 aliphatic carbocycles. The molecule has 0 unspecified atom stereocenters. The van der Waals surface area contributed by atoms with Gasteiger partial charge in [-0.05, 0) is 43.2 Å². The van der Waals surface area contributed by atoms with E-state index in [1.54, 1.807) is 36.2 Å². The van der Waals surface area contributed by atoms with E-state index in [2.05, 4.69) is 12.1 Å². The Hall–Kier alpha value is -2.00.